The van der Waals surface area contributed by atoms with Gasteiger partial charge in [0.1, 0.15) is 10.7 Å². The Bertz CT molecular complexity index is 1110. The molecule has 6 rings (SSSR count). The fourth-order valence-corrected chi connectivity index (χ4v) is 5.21. The second kappa shape index (κ2) is 7.50. The van der Waals surface area contributed by atoms with Crippen LogP contribution >= 0.6 is 11.6 Å². The quantitative estimate of drug-likeness (QED) is 0.604. The molecule has 9 heteroatoms. The van der Waals surface area contributed by atoms with Crippen LogP contribution in [0, 0.1) is 23.6 Å². The molecule has 3 fully saturated rings. The molecule has 3 aliphatic carbocycles. The number of nitrogens with one attached hydrogen (secondary N) is 2. The lowest BCUT2D eigenvalue weighted by molar-refractivity contribution is -0.152. The number of pyridine rings is 1. The van der Waals surface area contributed by atoms with E-state index < -0.39 is 5.82 Å². The van der Waals surface area contributed by atoms with E-state index in [1.807, 2.05) is 0 Å². The monoisotopic (exact) mass is 429 g/mol. The van der Waals surface area contributed by atoms with Gasteiger partial charge in [0, 0.05) is 17.8 Å². The highest BCUT2D eigenvalue weighted by Crippen LogP contribution is 2.47. The van der Waals surface area contributed by atoms with Gasteiger partial charge in [-0.25, -0.2) is 14.4 Å². The first-order valence-corrected chi connectivity index (χ1v) is 10.4. The third-order valence-electron chi connectivity index (χ3n) is 6.50. The Hall–Kier alpha value is -2.74. The third kappa shape index (κ3) is 3.19. The lowest BCUT2D eigenvalue weighted by Crippen LogP contribution is -2.51. The number of carbonyl (C=O) groups excluding carboxylic acids is 1. The van der Waals surface area contributed by atoms with Gasteiger partial charge in [-0.3, -0.25) is 9.78 Å². The number of H-pyrrole nitrogens is 1. The molecule has 2 atom stereocenters. The van der Waals surface area contributed by atoms with Crippen LogP contribution in [0.1, 0.15) is 25.7 Å². The summed E-state index contributed by atoms with van der Waals surface area (Å²) >= 11 is 5.99. The van der Waals surface area contributed by atoms with Crippen molar-refractivity contribution in [1.82, 2.24) is 19.9 Å². The van der Waals surface area contributed by atoms with Crippen LogP contribution in [0.15, 0.2) is 24.7 Å². The van der Waals surface area contributed by atoms with Gasteiger partial charge in [0.05, 0.1) is 36.8 Å². The van der Waals surface area contributed by atoms with E-state index in [0.717, 1.165) is 25.7 Å². The molecule has 7 nitrogen and oxygen atoms in total. The van der Waals surface area contributed by atoms with Crippen LogP contribution in [0.4, 0.5) is 10.1 Å². The van der Waals surface area contributed by atoms with E-state index in [1.165, 1.54) is 19.5 Å². The topological polar surface area (TPSA) is 92.8 Å². The number of rotatable bonds is 4. The Morgan fingerprint density at radius 2 is 2.00 bits per heavy atom. The van der Waals surface area contributed by atoms with Crippen LogP contribution in [0.5, 0.6) is 0 Å². The molecule has 3 heterocycles. The van der Waals surface area contributed by atoms with Gasteiger partial charge in [-0.1, -0.05) is 11.6 Å². The highest BCUT2D eigenvalue weighted by Gasteiger charge is 2.48. The summed E-state index contributed by atoms with van der Waals surface area (Å²) in [4.78, 5) is 28.3. The summed E-state index contributed by atoms with van der Waals surface area (Å²) in [5.74, 6) is -0.370. The number of hydrogen-bond acceptors (Lipinski definition) is 6. The first-order valence-electron chi connectivity index (χ1n) is 10.0. The first-order chi connectivity index (χ1) is 14.5. The molecule has 156 valence electrons. The SMILES string of the molecule is COC(=O)[C@@H]1C2CCC(CC2)[C@H]1Nc1cc(-c2c[nH]c3ncc(Cl)nc23)ncc1F. The Morgan fingerprint density at radius 1 is 1.23 bits per heavy atom. The number of esters is 1. The molecule has 3 aromatic rings. The molecular weight excluding hydrogens is 409 g/mol. The molecule has 0 amide bonds. The van der Waals surface area contributed by atoms with E-state index in [1.54, 1.807) is 12.3 Å². The zero-order valence-corrected chi connectivity index (χ0v) is 17.1. The van der Waals surface area contributed by atoms with Crippen LogP contribution in [0.2, 0.25) is 5.15 Å². The number of aromatic nitrogens is 4. The van der Waals surface area contributed by atoms with Crippen LogP contribution in [-0.2, 0) is 9.53 Å². The highest BCUT2D eigenvalue weighted by molar-refractivity contribution is 6.29. The van der Waals surface area contributed by atoms with Gasteiger partial charge >= 0.3 is 5.97 Å². The maximum Gasteiger partial charge on any atom is 0.311 e. The van der Waals surface area contributed by atoms with Gasteiger partial charge in [0.2, 0.25) is 0 Å². The average molecular weight is 430 g/mol. The molecule has 2 N–H and O–H groups in total. The van der Waals surface area contributed by atoms with Crippen molar-refractivity contribution in [2.24, 2.45) is 17.8 Å². The molecule has 3 saturated carbocycles. The summed E-state index contributed by atoms with van der Waals surface area (Å²) in [6.45, 7) is 0. The largest absolute Gasteiger partial charge is 0.469 e. The maximum absolute atomic E-state index is 14.7. The molecule has 0 aliphatic heterocycles. The number of hydrogen-bond donors (Lipinski definition) is 2. The van der Waals surface area contributed by atoms with Crippen molar-refractivity contribution in [1.29, 1.82) is 0 Å². The Kier molecular flexibility index (Phi) is 4.81. The maximum atomic E-state index is 14.7. The molecule has 3 aromatic heterocycles. The molecule has 0 radical (unpaired) electrons. The Balaban J connectivity index is 1.50. The molecule has 0 aromatic carbocycles. The van der Waals surface area contributed by atoms with Gasteiger partial charge < -0.3 is 15.0 Å². The predicted octanol–water partition coefficient (Wildman–Crippen LogP) is 4.20. The predicted molar refractivity (Wildman–Crippen MR) is 110 cm³/mol. The molecule has 0 saturated heterocycles. The number of anilines is 1. The van der Waals surface area contributed by atoms with Gasteiger partial charge in [-0.05, 0) is 43.6 Å². The van der Waals surface area contributed by atoms with Crippen LogP contribution < -0.4 is 5.32 Å². The second-order valence-corrected chi connectivity index (χ2v) is 8.42. The Labute approximate surface area is 177 Å². The fourth-order valence-electron chi connectivity index (χ4n) is 5.07. The van der Waals surface area contributed by atoms with Crippen LogP contribution in [0.3, 0.4) is 0 Å². The smallest absolute Gasteiger partial charge is 0.311 e. The number of fused-ring (bicyclic) bond motifs is 4. The minimum absolute atomic E-state index is 0.160. The van der Waals surface area contributed by atoms with E-state index in [4.69, 9.17) is 16.3 Å². The van der Waals surface area contributed by atoms with E-state index in [-0.39, 0.29) is 29.0 Å². The third-order valence-corrected chi connectivity index (χ3v) is 6.68. The zero-order valence-electron chi connectivity index (χ0n) is 16.4. The van der Waals surface area contributed by atoms with Crippen molar-refractivity contribution in [2.75, 3.05) is 12.4 Å². The average Bonchev–Trinajstić information content (AvgIpc) is 3.18. The van der Waals surface area contributed by atoms with E-state index >= 15 is 0 Å². The number of nitrogens with zero attached hydrogens (tertiary/aromatic N) is 3. The second-order valence-electron chi connectivity index (χ2n) is 8.04. The van der Waals surface area contributed by atoms with Gasteiger partial charge in [0.25, 0.3) is 0 Å². The first kappa shape index (κ1) is 19.2. The molecule has 3 aliphatic rings. The standard InChI is InChI=1S/C21H21ClFN5O2/c1-30-21(29)17-10-2-4-11(5-3-10)18(17)27-15-6-14(24-8-13(15)23)12-7-25-20-19(12)28-16(22)9-26-20/h6-11,17-18H,2-5H2,1H3,(H,24,27)(H,25,26)/t10?,11?,17-,18-/m1/s1. The number of ether oxygens (including phenoxy) is 1. The zero-order chi connectivity index (χ0) is 20.8. The fraction of sp³-hybridized carbons (Fsp3) is 0.429. The Morgan fingerprint density at radius 3 is 2.77 bits per heavy atom. The highest BCUT2D eigenvalue weighted by atomic mass is 35.5. The lowest BCUT2D eigenvalue weighted by Gasteiger charge is -2.47. The van der Waals surface area contributed by atoms with Gasteiger partial charge in [0.15, 0.2) is 11.5 Å². The van der Waals surface area contributed by atoms with Crippen LogP contribution in [-0.4, -0.2) is 39.1 Å². The van der Waals surface area contributed by atoms with Crippen molar-refractivity contribution in [3.05, 3.63) is 35.6 Å². The van der Waals surface area contributed by atoms with E-state index in [2.05, 4.69) is 25.3 Å². The van der Waals surface area contributed by atoms with Gasteiger partial charge in [-0.2, -0.15) is 0 Å². The minimum Gasteiger partial charge on any atom is -0.469 e. The summed E-state index contributed by atoms with van der Waals surface area (Å²) in [6.07, 6.45) is 8.47. The van der Waals surface area contributed by atoms with Crippen molar-refractivity contribution in [3.63, 3.8) is 0 Å². The molecular formula is C21H21ClFN5O2. The van der Waals surface area contributed by atoms with Gasteiger partial charge in [-0.15, -0.1) is 0 Å². The van der Waals surface area contributed by atoms with Crippen molar-refractivity contribution >= 4 is 34.4 Å². The van der Waals surface area contributed by atoms with Crippen molar-refractivity contribution < 1.29 is 13.9 Å². The van der Waals surface area contributed by atoms with E-state index in [9.17, 15) is 9.18 Å². The van der Waals surface area contributed by atoms with Crippen LogP contribution in [0.25, 0.3) is 22.4 Å². The summed E-state index contributed by atoms with van der Waals surface area (Å²) < 4.78 is 19.8. The summed E-state index contributed by atoms with van der Waals surface area (Å²) in [5, 5.41) is 3.59. The number of halogens is 2. The molecule has 30 heavy (non-hydrogen) atoms. The molecule has 2 bridgehead atoms. The molecule has 0 unspecified atom stereocenters. The van der Waals surface area contributed by atoms with E-state index in [0.29, 0.717) is 34.0 Å². The lowest BCUT2D eigenvalue weighted by atomic mass is 9.61. The minimum atomic E-state index is -0.465. The normalized spacial score (nSPS) is 25.4. The molecule has 0 spiro atoms. The number of methoxy groups -OCH3 is 1. The summed E-state index contributed by atoms with van der Waals surface area (Å²) in [7, 11) is 1.41. The number of aromatic amines is 1. The van der Waals surface area contributed by atoms with Crippen molar-refractivity contribution in [3.8, 4) is 11.3 Å². The summed E-state index contributed by atoms with van der Waals surface area (Å²) in [6, 6.07) is 1.49. The van der Waals surface area contributed by atoms with Crippen molar-refractivity contribution in [2.45, 2.75) is 31.7 Å². The summed E-state index contributed by atoms with van der Waals surface area (Å²) in [5.41, 5.74) is 2.67. The number of carbonyl (C=O) groups is 1.